The summed E-state index contributed by atoms with van der Waals surface area (Å²) >= 11 is 0. The van der Waals surface area contributed by atoms with Gasteiger partial charge in [0.2, 0.25) is 0 Å². The zero-order valence-corrected chi connectivity index (χ0v) is 21.1. The number of allylic oxidation sites excluding steroid dienone is 1. The Morgan fingerprint density at radius 3 is 2.55 bits per heavy atom. The molecule has 0 amide bonds. The zero-order chi connectivity index (χ0) is 23.6. The van der Waals surface area contributed by atoms with E-state index in [1.165, 1.54) is 5.57 Å². The second-order valence-corrected chi connectivity index (χ2v) is 13.2. The average Bonchev–Trinajstić information content (AvgIpc) is 3.44. The number of ether oxygens (including phenoxy) is 1. The van der Waals surface area contributed by atoms with Crippen molar-refractivity contribution in [3.63, 3.8) is 0 Å². The molecule has 5 nitrogen and oxygen atoms in total. The van der Waals surface area contributed by atoms with Gasteiger partial charge in [0.15, 0.2) is 5.89 Å². The number of hydrogen-bond donors (Lipinski definition) is 2. The Kier molecular flexibility index (Phi) is 4.55. The van der Waals surface area contributed by atoms with Crippen LogP contribution in [0.2, 0.25) is 0 Å². The SMILES string of the molecule is Cc1nc2c(o1)C[C@]1(C)[C@H]3CC[C@]4(C)C(=CC[C@H]4C4CCOC4)[C@]3(C)[C@H](O)[C@H](O)[C@H]1C2(C)C. The van der Waals surface area contributed by atoms with Gasteiger partial charge in [-0.15, -0.1) is 0 Å². The Labute approximate surface area is 198 Å². The number of hydrogen-bond acceptors (Lipinski definition) is 5. The molecule has 0 radical (unpaired) electrons. The van der Waals surface area contributed by atoms with Gasteiger partial charge in [-0.2, -0.15) is 0 Å². The molecule has 9 atom stereocenters. The lowest BCUT2D eigenvalue weighted by Gasteiger charge is -2.68. The van der Waals surface area contributed by atoms with E-state index in [1.54, 1.807) is 0 Å². The van der Waals surface area contributed by atoms with Crippen molar-refractivity contribution >= 4 is 0 Å². The molecule has 5 aliphatic rings. The predicted octanol–water partition coefficient (Wildman–Crippen LogP) is 4.58. The molecule has 0 spiro atoms. The Hall–Kier alpha value is -1.17. The van der Waals surface area contributed by atoms with Crippen molar-refractivity contribution in [2.24, 2.45) is 39.9 Å². The van der Waals surface area contributed by atoms with E-state index in [4.69, 9.17) is 14.1 Å². The Morgan fingerprint density at radius 1 is 1.09 bits per heavy atom. The molecule has 2 N–H and O–H groups in total. The van der Waals surface area contributed by atoms with E-state index in [9.17, 15) is 10.2 Å². The largest absolute Gasteiger partial charge is 0.446 e. The minimum absolute atomic E-state index is 0.0690. The molecule has 1 aromatic heterocycles. The smallest absolute Gasteiger partial charge is 0.191 e. The summed E-state index contributed by atoms with van der Waals surface area (Å²) in [6.45, 7) is 15.1. The molecule has 1 aliphatic heterocycles. The molecule has 4 aliphatic carbocycles. The minimum Gasteiger partial charge on any atom is -0.446 e. The number of nitrogens with zero attached hydrogens (tertiary/aromatic N) is 1. The van der Waals surface area contributed by atoms with Gasteiger partial charge in [-0.3, -0.25) is 0 Å². The third-order valence-corrected chi connectivity index (χ3v) is 11.3. The van der Waals surface area contributed by atoms with Crippen molar-refractivity contribution in [3.05, 3.63) is 29.0 Å². The van der Waals surface area contributed by atoms with E-state index in [2.05, 4.69) is 40.7 Å². The van der Waals surface area contributed by atoms with Crippen LogP contribution in [0, 0.1) is 46.8 Å². The molecule has 3 fully saturated rings. The van der Waals surface area contributed by atoms with Gasteiger partial charge >= 0.3 is 0 Å². The highest BCUT2D eigenvalue weighted by atomic mass is 16.5. The summed E-state index contributed by atoms with van der Waals surface area (Å²) in [7, 11) is 0. The van der Waals surface area contributed by atoms with Crippen molar-refractivity contribution in [1.29, 1.82) is 0 Å². The number of aromatic nitrogens is 1. The third kappa shape index (κ3) is 2.57. The first-order valence-corrected chi connectivity index (χ1v) is 13.1. The molecule has 0 aromatic carbocycles. The minimum atomic E-state index is -0.798. The van der Waals surface area contributed by atoms with Crippen LogP contribution in [0.3, 0.4) is 0 Å². The molecular weight excluding hydrogens is 414 g/mol. The Morgan fingerprint density at radius 2 is 1.85 bits per heavy atom. The van der Waals surface area contributed by atoms with Gasteiger partial charge in [-0.1, -0.05) is 46.3 Å². The van der Waals surface area contributed by atoms with Crippen molar-refractivity contribution < 1.29 is 19.4 Å². The second-order valence-electron chi connectivity index (χ2n) is 13.2. The molecule has 1 aromatic rings. The van der Waals surface area contributed by atoms with Crippen LogP contribution in [0.5, 0.6) is 0 Å². The first-order chi connectivity index (χ1) is 15.5. The van der Waals surface area contributed by atoms with Crippen LogP contribution in [0.1, 0.15) is 77.6 Å². The van der Waals surface area contributed by atoms with Crippen LogP contribution in [-0.4, -0.2) is 40.6 Å². The van der Waals surface area contributed by atoms with Gasteiger partial charge in [0.25, 0.3) is 0 Å². The van der Waals surface area contributed by atoms with Crippen LogP contribution < -0.4 is 0 Å². The van der Waals surface area contributed by atoms with Gasteiger partial charge in [-0.05, 0) is 54.3 Å². The molecule has 6 rings (SSSR count). The molecule has 33 heavy (non-hydrogen) atoms. The van der Waals surface area contributed by atoms with E-state index >= 15 is 0 Å². The van der Waals surface area contributed by atoms with E-state index < -0.39 is 17.6 Å². The first-order valence-electron chi connectivity index (χ1n) is 13.1. The van der Waals surface area contributed by atoms with E-state index in [-0.39, 0.29) is 28.1 Å². The first kappa shape index (κ1) is 22.3. The van der Waals surface area contributed by atoms with Gasteiger partial charge < -0.3 is 19.4 Å². The fourth-order valence-electron chi connectivity index (χ4n) is 10.2. The van der Waals surface area contributed by atoms with E-state index in [0.29, 0.717) is 17.7 Å². The summed E-state index contributed by atoms with van der Waals surface area (Å²) in [5, 5.41) is 23.8. The summed E-state index contributed by atoms with van der Waals surface area (Å²) in [6, 6.07) is 0. The molecular formula is C28H41NO4. The monoisotopic (exact) mass is 455 g/mol. The standard InChI is InChI=1S/C28H41NO4/c1-15-29-23-18(33-15)13-27(5)20-9-11-26(4)17(16-10-12-32-14-16)7-8-19(26)28(20,6)24(31)21(30)22(27)25(23,2)3/h8,16-17,20-22,24,30-31H,7,9-14H2,1-6H3/t16?,17-,20+,21+,22-,24+,26-,27+,28-/m0/s1. The normalized spacial score (nSPS) is 50.2. The van der Waals surface area contributed by atoms with Crippen molar-refractivity contribution in [3.8, 4) is 0 Å². The van der Waals surface area contributed by atoms with Crippen LogP contribution in [0.4, 0.5) is 0 Å². The maximum absolute atomic E-state index is 11.9. The average molecular weight is 456 g/mol. The number of aliphatic hydroxyl groups excluding tert-OH is 2. The quantitative estimate of drug-likeness (QED) is 0.606. The van der Waals surface area contributed by atoms with Crippen molar-refractivity contribution in [2.45, 2.75) is 91.3 Å². The molecule has 2 heterocycles. The number of fused-ring (bicyclic) bond motifs is 6. The highest BCUT2D eigenvalue weighted by Gasteiger charge is 2.71. The van der Waals surface area contributed by atoms with Crippen LogP contribution in [-0.2, 0) is 16.6 Å². The summed E-state index contributed by atoms with van der Waals surface area (Å²) in [5.74, 6) is 3.08. The van der Waals surface area contributed by atoms with E-state index in [1.807, 2.05) is 6.92 Å². The van der Waals surface area contributed by atoms with E-state index in [0.717, 1.165) is 56.8 Å². The van der Waals surface area contributed by atoms with Crippen molar-refractivity contribution in [1.82, 2.24) is 4.98 Å². The molecule has 1 unspecified atom stereocenters. The van der Waals surface area contributed by atoms with Crippen LogP contribution in [0.15, 0.2) is 16.1 Å². The number of rotatable bonds is 1. The molecule has 5 heteroatoms. The van der Waals surface area contributed by atoms with Gasteiger partial charge in [0.05, 0.1) is 17.9 Å². The topological polar surface area (TPSA) is 75.7 Å². The summed E-state index contributed by atoms with van der Waals surface area (Å²) in [6.07, 6.45) is 6.10. The third-order valence-electron chi connectivity index (χ3n) is 11.3. The maximum atomic E-state index is 11.9. The zero-order valence-electron chi connectivity index (χ0n) is 21.1. The lowest BCUT2D eigenvalue weighted by molar-refractivity contribution is -0.225. The fourth-order valence-corrected chi connectivity index (χ4v) is 10.2. The van der Waals surface area contributed by atoms with Crippen LogP contribution in [0.25, 0.3) is 0 Å². The number of aliphatic hydroxyl groups is 2. The van der Waals surface area contributed by atoms with Gasteiger partial charge in [0.1, 0.15) is 5.76 Å². The highest BCUT2D eigenvalue weighted by Crippen LogP contribution is 2.72. The molecule has 182 valence electrons. The summed E-state index contributed by atoms with van der Waals surface area (Å²) < 4.78 is 11.9. The van der Waals surface area contributed by atoms with Gasteiger partial charge in [0, 0.05) is 43.3 Å². The summed E-state index contributed by atoms with van der Waals surface area (Å²) in [4.78, 5) is 4.74. The Bertz CT molecular complexity index is 1010. The van der Waals surface area contributed by atoms with Gasteiger partial charge in [-0.25, -0.2) is 4.98 Å². The molecule has 1 saturated heterocycles. The Balaban J connectivity index is 1.46. The predicted molar refractivity (Wildman–Crippen MR) is 126 cm³/mol. The second kappa shape index (κ2) is 6.73. The molecule has 2 saturated carbocycles. The maximum Gasteiger partial charge on any atom is 0.191 e. The lowest BCUT2D eigenvalue weighted by atomic mass is 9.37. The highest BCUT2D eigenvalue weighted by molar-refractivity contribution is 5.40. The lowest BCUT2D eigenvalue weighted by Crippen LogP contribution is -2.70. The summed E-state index contributed by atoms with van der Waals surface area (Å²) in [5.41, 5.74) is 1.48. The fraction of sp³-hybridized carbons (Fsp3) is 0.821. The number of oxazole rings is 1. The van der Waals surface area contributed by atoms with Crippen molar-refractivity contribution in [2.75, 3.05) is 13.2 Å². The number of aryl methyl sites for hydroxylation is 1. The van der Waals surface area contributed by atoms with Crippen LogP contribution >= 0.6 is 0 Å². The molecule has 0 bridgehead atoms.